The summed E-state index contributed by atoms with van der Waals surface area (Å²) in [6.07, 6.45) is 5.07. The molecular formula is C13H21N3O. The SMILES string of the molecule is CCCn1nccc1C(=O)N1CCCC(C)C1. The van der Waals surface area contributed by atoms with Crippen molar-refractivity contribution < 1.29 is 4.79 Å². The topological polar surface area (TPSA) is 38.1 Å². The predicted octanol–water partition coefficient (Wildman–Crippen LogP) is 2.17. The molecule has 0 aliphatic carbocycles. The van der Waals surface area contributed by atoms with Crippen LogP contribution in [0.3, 0.4) is 0 Å². The van der Waals surface area contributed by atoms with Gasteiger partial charge in [0.15, 0.2) is 0 Å². The molecule has 1 unspecified atom stereocenters. The Morgan fingerprint density at radius 3 is 3.12 bits per heavy atom. The van der Waals surface area contributed by atoms with Crippen molar-refractivity contribution in [3.63, 3.8) is 0 Å². The minimum Gasteiger partial charge on any atom is -0.337 e. The van der Waals surface area contributed by atoms with Gasteiger partial charge in [-0.15, -0.1) is 0 Å². The number of nitrogens with zero attached hydrogens (tertiary/aromatic N) is 3. The van der Waals surface area contributed by atoms with Crippen LogP contribution in [0.5, 0.6) is 0 Å². The van der Waals surface area contributed by atoms with Gasteiger partial charge in [-0.2, -0.15) is 5.10 Å². The summed E-state index contributed by atoms with van der Waals surface area (Å²) in [5.41, 5.74) is 0.737. The van der Waals surface area contributed by atoms with Crippen LogP contribution in [0.25, 0.3) is 0 Å². The second kappa shape index (κ2) is 5.34. The number of hydrogen-bond acceptors (Lipinski definition) is 2. The maximum atomic E-state index is 12.4. The number of likely N-dealkylation sites (tertiary alicyclic amines) is 1. The number of carbonyl (C=O) groups is 1. The first-order chi connectivity index (χ1) is 8.22. The zero-order valence-corrected chi connectivity index (χ0v) is 10.7. The molecule has 0 aromatic carbocycles. The number of piperidine rings is 1. The third-order valence-corrected chi connectivity index (χ3v) is 3.32. The fourth-order valence-electron chi connectivity index (χ4n) is 2.44. The lowest BCUT2D eigenvalue weighted by molar-refractivity contribution is 0.0670. The van der Waals surface area contributed by atoms with Crippen molar-refractivity contribution >= 4 is 5.91 Å². The van der Waals surface area contributed by atoms with Crippen LogP contribution in [0, 0.1) is 5.92 Å². The molecule has 1 fully saturated rings. The highest BCUT2D eigenvalue weighted by Gasteiger charge is 2.24. The van der Waals surface area contributed by atoms with Gasteiger partial charge in [0, 0.05) is 25.8 Å². The molecule has 1 atom stereocenters. The molecule has 1 amide bonds. The van der Waals surface area contributed by atoms with E-state index >= 15 is 0 Å². The van der Waals surface area contributed by atoms with E-state index in [-0.39, 0.29) is 5.91 Å². The number of carbonyl (C=O) groups excluding carboxylic acids is 1. The van der Waals surface area contributed by atoms with Gasteiger partial charge in [-0.05, 0) is 31.2 Å². The van der Waals surface area contributed by atoms with Gasteiger partial charge in [-0.25, -0.2) is 0 Å². The van der Waals surface area contributed by atoms with Gasteiger partial charge in [0.05, 0.1) is 0 Å². The van der Waals surface area contributed by atoms with Gasteiger partial charge >= 0.3 is 0 Å². The lowest BCUT2D eigenvalue weighted by Gasteiger charge is -2.30. The van der Waals surface area contributed by atoms with Crippen molar-refractivity contribution in [2.45, 2.75) is 39.7 Å². The zero-order valence-electron chi connectivity index (χ0n) is 10.7. The van der Waals surface area contributed by atoms with Crippen LogP contribution in [0.2, 0.25) is 0 Å². The molecule has 17 heavy (non-hydrogen) atoms. The van der Waals surface area contributed by atoms with E-state index in [1.165, 1.54) is 6.42 Å². The molecule has 2 heterocycles. The van der Waals surface area contributed by atoms with Crippen molar-refractivity contribution in [3.05, 3.63) is 18.0 Å². The fourth-order valence-corrected chi connectivity index (χ4v) is 2.44. The van der Waals surface area contributed by atoms with Crippen molar-refractivity contribution in [3.8, 4) is 0 Å². The number of aryl methyl sites for hydroxylation is 1. The van der Waals surface area contributed by atoms with Gasteiger partial charge in [0.2, 0.25) is 0 Å². The van der Waals surface area contributed by atoms with E-state index in [0.29, 0.717) is 5.92 Å². The Hall–Kier alpha value is -1.32. The summed E-state index contributed by atoms with van der Waals surface area (Å²) in [6, 6.07) is 1.83. The summed E-state index contributed by atoms with van der Waals surface area (Å²) in [6.45, 7) is 6.90. The molecule has 4 nitrogen and oxygen atoms in total. The molecule has 2 rings (SSSR count). The number of amides is 1. The summed E-state index contributed by atoms with van der Waals surface area (Å²) in [7, 11) is 0. The maximum absolute atomic E-state index is 12.4. The van der Waals surface area contributed by atoms with Crippen LogP contribution in [0.4, 0.5) is 0 Å². The first-order valence-corrected chi connectivity index (χ1v) is 6.53. The summed E-state index contributed by atoms with van der Waals surface area (Å²) < 4.78 is 1.82. The summed E-state index contributed by atoms with van der Waals surface area (Å²) >= 11 is 0. The van der Waals surface area contributed by atoms with E-state index in [4.69, 9.17) is 0 Å². The molecule has 0 radical (unpaired) electrons. The van der Waals surface area contributed by atoms with Crippen LogP contribution >= 0.6 is 0 Å². The second-order valence-corrected chi connectivity index (χ2v) is 4.94. The molecule has 94 valence electrons. The fraction of sp³-hybridized carbons (Fsp3) is 0.692. The van der Waals surface area contributed by atoms with Crippen molar-refractivity contribution in [2.24, 2.45) is 5.92 Å². The molecular weight excluding hydrogens is 214 g/mol. The van der Waals surface area contributed by atoms with Crippen LogP contribution in [0.15, 0.2) is 12.3 Å². The van der Waals surface area contributed by atoms with E-state index in [2.05, 4.69) is 18.9 Å². The Kier molecular flexibility index (Phi) is 3.82. The van der Waals surface area contributed by atoms with Crippen LogP contribution in [0.1, 0.15) is 43.6 Å². The minimum atomic E-state index is 0.141. The second-order valence-electron chi connectivity index (χ2n) is 4.94. The van der Waals surface area contributed by atoms with Gasteiger partial charge in [-0.1, -0.05) is 13.8 Å². The Morgan fingerprint density at radius 2 is 2.41 bits per heavy atom. The molecule has 1 saturated heterocycles. The number of hydrogen-bond donors (Lipinski definition) is 0. The minimum absolute atomic E-state index is 0.141. The van der Waals surface area contributed by atoms with E-state index in [9.17, 15) is 4.79 Å². The predicted molar refractivity (Wildman–Crippen MR) is 66.8 cm³/mol. The third-order valence-electron chi connectivity index (χ3n) is 3.32. The molecule has 0 spiro atoms. The van der Waals surface area contributed by atoms with Crippen molar-refractivity contribution in [1.82, 2.24) is 14.7 Å². The summed E-state index contributed by atoms with van der Waals surface area (Å²) in [5, 5.41) is 4.21. The highest BCUT2D eigenvalue weighted by Crippen LogP contribution is 2.17. The number of aromatic nitrogens is 2. The smallest absolute Gasteiger partial charge is 0.272 e. The summed E-state index contributed by atoms with van der Waals surface area (Å²) in [5.74, 6) is 0.762. The monoisotopic (exact) mass is 235 g/mol. The van der Waals surface area contributed by atoms with E-state index < -0.39 is 0 Å². The Bertz CT molecular complexity index is 386. The lowest BCUT2D eigenvalue weighted by atomic mass is 10.00. The van der Waals surface area contributed by atoms with Gasteiger partial charge in [0.25, 0.3) is 5.91 Å². The Morgan fingerprint density at radius 1 is 1.59 bits per heavy atom. The zero-order chi connectivity index (χ0) is 12.3. The quantitative estimate of drug-likeness (QED) is 0.805. The highest BCUT2D eigenvalue weighted by molar-refractivity contribution is 5.92. The molecule has 1 aliphatic rings. The molecule has 0 bridgehead atoms. The molecule has 1 aromatic rings. The Balaban J connectivity index is 2.10. The van der Waals surface area contributed by atoms with Crippen molar-refractivity contribution in [2.75, 3.05) is 13.1 Å². The first-order valence-electron chi connectivity index (χ1n) is 6.53. The van der Waals surface area contributed by atoms with Gasteiger partial charge in [0.1, 0.15) is 5.69 Å². The van der Waals surface area contributed by atoms with E-state index in [0.717, 1.165) is 38.2 Å². The lowest BCUT2D eigenvalue weighted by Crippen LogP contribution is -2.40. The molecule has 1 aromatic heterocycles. The average Bonchev–Trinajstić information content (AvgIpc) is 2.77. The molecule has 0 N–H and O–H groups in total. The standard InChI is InChI=1S/C13H21N3O/c1-3-8-16-12(6-7-14-16)13(17)15-9-4-5-11(2)10-15/h6-7,11H,3-5,8-10H2,1-2H3. The highest BCUT2D eigenvalue weighted by atomic mass is 16.2. The maximum Gasteiger partial charge on any atom is 0.272 e. The summed E-state index contributed by atoms with van der Waals surface area (Å²) in [4.78, 5) is 14.3. The van der Waals surface area contributed by atoms with Gasteiger partial charge < -0.3 is 4.90 Å². The molecule has 4 heteroatoms. The Labute approximate surface area is 103 Å². The normalized spacial score (nSPS) is 20.6. The first kappa shape index (κ1) is 12.1. The average molecular weight is 235 g/mol. The molecule has 0 saturated carbocycles. The van der Waals surface area contributed by atoms with Gasteiger partial charge in [-0.3, -0.25) is 9.48 Å². The molecule has 1 aliphatic heterocycles. The van der Waals surface area contributed by atoms with Crippen LogP contribution < -0.4 is 0 Å². The van der Waals surface area contributed by atoms with Crippen LogP contribution in [-0.4, -0.2) is 33.7 Å². The van der Waals surface area contributed by atoms with E-state index in [1.54, 1.807) is 6.20 Å². The number of rotatable bonds is 3. The third kappa shape index (κ3) is 2.68. The van der Waals surface area contributed by atoms with Crippen LogP contribution in [-0.2, 0) is 6.54 Å². The van der Waals surface area contributed by atoms with Crippen molar-refractivity contribution in [1.29, 1.82) is 0 Å². The largest absolute Gasteiger partial charge is 0.337 e. The van der Waals surface area contributed by atoms with E-state index in [1.807, 2.05) is 15.6 Å².